The Morgan fingerprint density at radius 2 is 1.92 bits per heavy atom. The Labute approximate surface area is 68.9 Å². The number of aliphatic hydroxyl groups excluding tert-OH is 1. The molecule has 0 saturated heterocycles. The third-order valence-corrected chi connectivity index (χ3v) is 1.09. The molecule has 0 aliphatic rings. The molecule has 12 heavy (non-hydrogen) atoms. The van der Waals surface area contributed by atoms with Crippen molar-refractivity contribution < 1.29 is 24.9 Å². The minimum atomic E-state index is -1.33. The molecular formula is C7H10O5. The van der Waals surface area contributed by atoms with Crippen molar-refractivity contribution in [3.8, 4) is 0 Å². The zero-order valence-electron chi connectivity index (χ0n) is 6.52. The van der Waals surface area contributed by atoms with Gasteiger partial charge < -0.3 is 15.3 Å². The van der Waals surface area contributed by atoms with Crippen molar-refractivity contribution in [2.45, 2.75) is 19.4 Å². The topological polar surface area (TPSA) is 94.8 Å². The molecule has 0 aliphatic carbocycles. The molecule has 5 heteroatoms. The average Bonchev–Trinajstić information content (AvgIpc) is 1.83. The van der Waals surface area contributed by atoms with Gasteiger partial charge in [0, 0.05) is 18.1 Å². The Morgan fingerprint density at radius 3 is 2.17 bits per heavy atom. The summed E-state index contributed by atoms with van der Waals surface area (Å²) in [5.74, 6) is -2.65. The van der Waals surface area contributed by atoms with Gasteiger partial charge >= 0.3 is 11.9 Å². The molecule has 3 N–H and O–H groups in total. The highest BCUT2D eigenvalue weighted by atomic mass is 16.4. The molecule has 0 fully saturated rings. The molecule has 0 aromatic carbocycles. The van der Waals surface area contributed by atoms with Crippen molar-refractivity contribution in [2.24, 2.45) is 0 Å². The van der Waals surface area contributed by atoms with E-state index < -0.39 is 18.0 Å². The van der Waals surface area contributed by atoms with Crippen LogP contribution in [0.1, 0.15) is 13.3 Å². The number of carbonyl (C=O) groups is 2. The second-order valence-electron chi connectivity index (χ2n) is 2.37. The number of hydrogen-bond acceptors (Lipinski definition) is 3. The standard InChI is InChI=1S/C7H10O5/c1-4(8)2-5(7(11)12)3-6(9)10/h3-4,8H,2H2,1H3,(H,9,10)(H,11,12)/b5-3+. The number of carboxylic acid groups (broad SMARTS) is 2. The van der Waals surface area contributed by atoms with E-state index in [9.17, 15) is 9.59 Å². The summed E-state index contributed by atoms with van der Waals surface area (Å²) in [5, 5.41) is 25.4. The Hall–Kier alpha value is -1.36. The molecule has 0 amide bonds. The largest absolute Gasteiger partial charge is 0.478 e. The molecule has 0 radical (unpaired) electrons. The fraction of sp³-hybridized carbons (Fsp3) is 0.429. The van der Waals surface area contributed by atoms with Crippen LogP contribution in [0.25, 0.3) is 0 Å². The summed E-state index contributed by atoms with van der Waals surface area (Å²) in [4.78, 5) is 20.4. The first-order chi connectivity index (χ1) is 5.43. The summed E-state index contributed by atoms with van der Waals surface area (Å²) < 4.78 is 0. The summed E-state index contributed by atoms with van der Waals surface area (Å²) in [6, 6.07) is 0. The highest BCUT2D eigenvalue weighted by Crippen LogP contribution is 2.05. The van der Waals surface area contributed by atoms with Crippen LogP contribution in [-0.4, -0.2) is 33.4 Å². The predicted octanol–water partition coefficient (Wildman–Crippen LogP) is -0.147. The van der Waals surface area contributed by atoms with E-state index in [0.29, 0.717) is 6.08 Å². The highest BCUT2D eigenvalue weighted by Gasteiger charge is 2.11. The summed E-state index contributed by atoms with van der Waals surface area (Å²) in [6.07, 6.45) is -0.442. The fourth-order valence-electron chi connectivity index (χ4n) is 0.675. The van der Waals surface area contributed by atoms with E-state index in [0.717, 1.165) is 0 Å². The number of aliphatic carboxylic acids is 2. The third-order valence-electron chi connectivity index (χ3n) is 1.09. The Balaban J connectivity index is 4.44. The Kier molecular flexibility index (Phi) is 3.99. The van der Waals surface area contributed by atoms with Gasteiger partial charge in [-0.2, -0.15) is 0 Å². The van der Waals surface area contributed by atoms with Crippen molar-refractivity contribution in [3.63, 3.8) is 0 Å². The van der Waals surface area contributed by atoms with Gasteiger partial charge in [-0.15, -0.1) is 0 Å². The molecule has 5 nitrogen and oxygen atoms in total. The number of aliphatic hydroxyl groups is 1. The first kappa shape index (κ1) is 10.6. The number of hydrogen-bond donors (Lipinski definition) is 3. The van der Waals surface area contributed by atoms with Gasteiger partial charge in [0.25, 0.3) is 0 Å². The average molecular weight is 174 g/mol. The number of rotatable bonds is 4. The molecule has 1 unspecified atom stereocenters. The number of carboxylic acids is 2. The molecule has 0 bridgehead atoms. The lowest BCUT2D eigenvalue weighted by molar-refractivity contribution is -0.135. The van der Waals surface area contributed by atoms with Gasteiger partial charge in [-0.1, -0.05) is 0 Å². The van der Waals surface area contributed by atoms with E-state index >= 15 is 0 Å². The molecule has 0 spiro atoms. The van der Waals surface area contributed by atoms with Gasteiger partial charge in [-0.25, -0.2) is 9.59 Å². The van der Waals surface area contributed by atoms with Crippen LogP contribution in [0.15, 0.2) is 11.6 Å². The van der Waals surface area contributed by atoms with Gasteiger partial charge in [0.15, 0.2) is 0 Å². The normalized spacial score (nSPS) is 14.0. The third kappa shape index (κ3) is 4.45. The van der Waals surface area contributed by atoms with Crippen LogP contribution in [0.3, 0.4) is 0 Å². The quantitative estimate of drug-likeness (QED) is 0.515. The van der Waals surface area contributed by atoms with Crippen molar-refractivity contribution in [2.75, 3.05) is 0 Å². The molecule has 1 atom stereocenters. The van der Waals surface area contributed by atoms with Crippen LogP contribution in [0.2, 0.25) is 0 Å². The molecule has 0 heterocycles. The fourth-order valence-corrected chi connectivity index (χ4v) is 0.675. The smallest absolute Gasteiger partial charge is 0.331 e. The SMILES string of the molecule is CC(O)C/C(=C\C(=O)O)C(=O)O. The lowest BCUT2D eigenvalue weighted by Crippen LogP contribution is -2.10. The minimum Gasteiger partial charge on any atom is -0.478 e. The van der Waals surface area contributed by atoms with Crippen molar-refractivity contribution >= 4 is 11.9 Å². The highest BCUT2D eigenvalue weighted by molar-refractivity contribution is 5.94. The minimum absolute atomic E-state index is 0.165. The van der Waals surface area contributed by atoms with Crippen LogP contribution >= 0.6 is 0 Å². The summed E-state index contributed by atoms with van der Waals surface area (Å²) >= 11 is 0. The Morgan fingerprint density at radius 1 is 1.42 bits per heavy atom. The van der Waals surface area contributed by atoms with Crippen molar-refractivity contribution in [1.82, 2.24) is 0 Å². The van der Waals surface area contributed by atoms with Gasteiger partial charge in [0.1, 0.15) is 0 Å². The maximum Gasteiger partial charge on any atom is 0.331 e. The van der Waals surface area contributed by atoms with Crippen molar-refractivity contribution in [1.29, 1.82) is 0 Å². The predicted molar refractivity (Wildman–Crippen MR) is 39.7 cm³/mol. The van der Waals surface area contributed by atoms with Crippen molar-refractivity contribution in [3.05, 3.63) is 11.6 Å². The lowest BCUT2D eigenvalue weighted by atomic mass is 10.1. The van der Waals surface area contributed by atoms with Gasteiger partial charge in [-0.05, 0) is 6.92 Å². The lowest BCUT2D eigenvalue weighted by Gasteiger charge is -2.02. The first-order valence-electron chi connectivity index (χ1n) is 3.28. The van der Waals surface area contributed by atoms with Crippen LogP contribution in [-0.2, 0) is 9.59 Å². The van der Waals surface area contributed by atoms with E-state index in [1.807, 2.05) is 0 Å². The van der Waals surface area contributed by atoms with E-state index in [1.54, 1.807) is 0 Å². The molecule has 0 aromatic rings. The molecular weight excluding hydrogens is 164 g/mol. The van der Waals surface area contributed by atoms with Gasteiger partial charge in [-0.3, -0.25) is 0 Å². The van der Waals surface area contributed by atoms with Gasteiger partial charge in [0.05, 0.1) is 6.10 Å². The summed E-state index contributed by atoms with van der Waals surface area (Å²) in [6.45, 7) is 1.39. The molecule has 0 aromatic heterocycles. The molecule has 68 valence electrons. The second kappa shape index (κ2) is 4.50. The van der Waals surface area contributed by atoms with E-state index in [2.05, 4.69) is 0 Å². The Bertz CT molecular complexity index is 216. The van der Waals surface area contributed by atoms with Gasteiger partial charge in [0.2, 0.25) is 0 Å². The molecule has 0 aliphatic heterocycles. The van der Waals surface area contributed by atoms with Crippen LogP contribution in [0, 0.1) is 0 Å². The van der Waals surface area contributed by atoms with E-state index in [-0.39, 0.29) is 12.0 Å². The maximum absolute atomic E-state index is 10.3. The maximum atomic E-state index is 10.3. The zero-order valence-corrected chi connectivity index (χ0v) is 6.52. The zero-order chi connectivity index (χ0) is 9.72. The summed E-state index contributed by atoms with van der Waals surface area (Å²) in [5.41, 5.74) is -0.308. The van der Waals surface area contributed by atoms with E-state index in [1.165, 1.54) is 6.92 Å². The first-order valence-corrected chi connectivity index (χ1v) is 3.28. The van der Waals surface area contributed by atoms with Crippen LogP contribution < -0.4 is 0 Å². The molecule has 0 saturated carbocycles. The van der Waals surface area contributed by atoms with Crippen LogP contribution in [0.5, 0.6) is 0 Å². The van der Waals surface area contributed by atoms with Crippen LogP contribution in [0.4, 0.5) is 0 Å². The molecule has 0 rings (SSSR count). The second-order valence-corrected chi connectivity index (χ2v) is 2.37. The summed E-state index contributed by atoms with van der Waals surface area (Å²) in [7, 11) is 0. The van der Waals surface area contributed by atoms with E-state index in [4.69, 9.17) is 15.3 Å². The monoisotopic (exact) mass is 174 g/mol.